The van der Waals surface area contributed by atoms with E-state index in [0.29, 0.717) is 5.92 Å². The number of hydrogen-bond acceptors (Lipinski definition) is 2. The van der Waals surface area contributed by atoms with E-state index in [4.69, 9.17) is 0 Å². The molecule has 0 amide bonds. The van der Waals surface area contributed by atoms with Crippen LogP contribution in [0.4, 0.5) is 5.69 Å². The normalized spacial score (nSPS) is 18.5. The van der Waals surface area contributed by atoms with Gasteiger partial charge in [0, 0.05) is 24.7 Å². The third kappa shape index (κ3) is 2.56. The van der Waals surface area contributed by atoms with Crippen LogP contribution < -0.4 is 4.90 Å². The summed E-state index contributed by atoms with van der Waals surface area (Å²) in [7, 11) is 0. The Bertz CT molecular complexity index is 579. The summed E-state index contributed by atoms with van der Waals surface area (Å²) in [4.78, 5) is 2.45. The van der Waals surface area contributed by atoms with Gasteiger partial charge in [-0.05, 0) is 42.2 Å². The highest BCUT2D eigenvalue weighted by atomic mass is 16.3. The fourth-order valence-electron chi connectivity index (χ4n) is 3.05. The highest BCUT2D eigenvalue weighted by molar-refractivity contribution is 5.52. The zero-order chi connectivity index (χ0) is 13.9. The van der Waals surface area contributed by atoms with Crippen molar-refractivity contribution in [2.75, 3.05) is 18.0 Å². The fourth-order valence-corrected chi connectivity index (χ4v) is 3.05. The van der Waals surface area contributed by atoms with Gasteiger partial charge in [0.15, 0.2) is 0 Å². The Balaban J connectivity index is 1.76. The van der Waals surface area contributed by atoms with Crippen LogP contribution in [-0.2, 0) is 6.61 Å². The van der Waals surface area contributed by atoms with Crippen LogP contribution in [0.3, 0.4) is 0 Å². The van der Waals surface area contributed by atoms with E-state index in [-0.39, 0.29) is 6.61 Å². The molecule has 0 radical (unpaired) electrons. The Hall–Kier alpha value is -1.80. The van der Waals surface area contributed by atoms with E-state index in [1.165, 1.54) is 23.2 Å². The van der Waals surface area contributed by atoms with Crippen molar-refractivity contribution in [3.05, 3.63) is 65.2 Å². The summed E-state index contributed by atoms with van der Waals surface area (Å²) in [5.41, 5.74) is 4.91. The van der Waals surface area contributed by atoms with E-state index >= 15 is 0 Å². The Morgan fingerprint density at radius 1 is 1.15 bits per heavy atom. The van der Waals surface area contributed by atoms with Crippen molar-refractivity contribution in [3.8, 4) is 0 Å². The van der Waals surface area contributed by atoms with Crippen molar-refractivity contribution in [2.45, 2.75) is 25.9 Å². The van der Waals surface area contributed by atoms with Crippen LogP contribution in [0.2, 0.25) is 0 Å². The fraction of sp³-hybridized carbons (Fsp3) is 0.333. The second kappa shape index (κ2) is 5.68. The average molecular weight is 267 g/mol. The maximum absolute atomic E-state index is 9.25. The molecule has 3 rings (SSSR count). The predicted molar refractivity (Wildman–Crippen MR) is 83.1 cm³/mol. The molecule has 1 unspecified atom stereocenters. The first-order valence-electron chi connectivity index (χ1n) is 7.28. The predicted octanol–water partition coefficient (Wildman–Crippen LogP) is 3.48. The lowest BCUT2D eigenvalue weighted by Gasteiger charge is -2.20. The van der Waals surface area contributed by atoms with Crippen LogP contribution in [0.5, 0.6) is 0 Å². The first-order chi connectivity index (χ1) is 9.78. The van der Waals surface area contributed by atoms with Gasteiger partial charge < -0.3 is 10.0 Å². The van der Waals surface area contributed by atoms with Gasteiger partial charge in [-0.25, -0.2) is 0 Å². The van der Waals surface area contributed by atoms with Crippen LogP contribution in [0.1, 0.15) is 29.0 Å². The largest absolute Gasteiger partial charge is 0.392 e. The number of benzene rings is 2. The van der Waals surface area contributed by atoms with E-state index in [2.05, 4.69) is 54.3 Å². The Labute approximate surface area is 120 Å². The smallest absolute Gasteiger partial charge is 0.0684 e. The number of aliphatic hydroxyl groups excluding tert-OH is 1. The molecule has 0 bridgehead atoms. The number of aliphatic hydroxyl groups is 1. The van der Waals surface area contributed by atoms with Gasteiger partial charge in [0.05, 0.1) is 6.61 Å². The molecule has 0 aromatic heterocycles. The highest BCUT2D eigenvalue weighted by Gasteiger charge is 2.24. The standard InChI is InChI=1S/C18H21NO/c1-14-11-18(8-7-17(14)13-20)19-10-9-16(12-19)15-5-3-2-4-6-15/h2-8,11,16,20H,9-10,12-13H2,1H3. The molecule has 2 heteroatoms. The summed E-state index contributed by atoms with van der Waals surface area (Å²) < 4.78 is 0. The molecule has 2 aromatic carbocycles. The van der Waals surface area contributed by atoms with Crippen molar-refractivity contribution in [3.63, 3.8) is 0 Å². The zero-order valence-electron chi connectivity index (χ0n) is 11.9. The van der Waals surface area contributed by atoms with E-state index in [9.17, 15) is 5.11 Å². The second-order valence-electron chi connectivity index (χ2n) is 5.61. The molecule has 20 heavy (non-hydrogen) atoms. The molecule has 1 heterocycles. The highest BCUT2D eigenvalue weighted by Crippen LogP contribution is 2.31. The minimum atomic E-state index is 0.124. The molecule has 104 valence electrons. The van der Waals surface area contributed by atoms with Crippen LogP contribution in [0.25, 0.3) is 0 Å². The zero-order valence-corrected chi connectivity index (χ0v) is 11.9. The molecule has 1 saturated heterocycles. The van der Waals surface area contributed by atoms with Gasteiger partial charge in [-0.1, -0.05) is 36.4 Å². The minimum absolute atomic E-state index is 0.124. The molecular formula is C18H21NO. The molecule has 1 atom stereocenters. The summed E-state index contributed by atoms with van der Waals surface area (Å²) >= 11 is 0. The van der Waals surface area contributed by atoms with Crippen LogP contribution >= 0.6 is 0 Å². The van der Waals surface area contributed by atoms with Crippen LogP contribution in [-0.4, -0.2) is 18.2 Å². The molecule has 1 aliphatic rings. The van der Waals surface area contributed by atoms with Crippen molar-refractivity contribution in [2.24, 2.45) is 0 Å². The van der Waals surface area contributed by atoms with Gasteiger partial charge in [-0.2, -0.15) is 0 Å². The van der Waals surface area contributed by atoms with E-state index in [1.54, 1.807) is 0 Å². The van der Waals surface area contributed by atoms with Crippen molar-refractivity contribution in [1.82, 2.24) is 0 Å². The number of nitrogens with zero attached hydrogens (tertiary/aromatic N) is 1. The minimum Gasteiger partial charge on any atom is -0.392 e. The summed E-state index contributed by atoms with van der Waals surface area (Å²) in [6.45, 7) is 4.39. The maximum Gasteiger partial charge on any atom is 0.0684 e. The molecule has 2 nitrogen and oxygen atoms in total. The van der Waals surface area contributed by atoms with Gasteiger partial charge in [-0.15, -0.1) is 0 Å². The van der Waals surface area contributed by atoms with E-state index in [1.807, 2.05) is 6.07 Å². The molecule has 1 N–H and O–H groups in total. The Kier molecular flexibility index (Phi) is 3.75. The van der Waals surface area contributed by atoms with Crippen LogP contribution in [0, 0.1) is 6.92 Å². The first-order valence-corrected chi connectivity index (χ1v) is 7.28. The number of anilines is 1. The van der Waals surface area contributed by atoms with Gasteiger partial charge in [0.1, 0.15) is 0 Å². The molecule has 0 saturated carbocycles. The molecule has 0 aliphatic carbocycles. The molecule has 0 spiro atoms. The Morgan fingerprint density at radius 3 is 2.65 bits per heavy atom. The summed E-state index contributed by atoms with van der Waals surface area (Å²) in [5.74, 6) is 0.633. The lowest BCUT2D eigenvalue weighted by atomic mass is 9.99. The molecular weight excluding hydrogens is 246 g/mol. The average Bonchev–Trinajstić information content (AvgIpc) is 2.98. The second-order valence-corrected chi connectivity index (χ2v) is 5.61. The molecule has 1 aliphatic heterocycles. The SMILES string of the molecule is Cc1cc(N2CCC(c3ccccc3)C2)ccc1CO. The topological polar surface area (TPSA) is 23.5 Å². The number of aryl methyl sites for hydroxylation is 1. The number of hydrogen-bond donors (Lipinski definition) is 1. The quantitative estimate of drug-likeness (QED) is 0.920. The van der Waals surface area contributed by atoms with Crippen molar-refractivity contribution in [1.29, 1.82) is 0 Å². The van der Waals surface area contributed by atoms with Crippen molar-refractivity contribution >= 4 is 5.69 Å². The van der Waals surface area contributed by atoms with Gasteiger partial charge in [0.25, 0.3) is 0 Å². The van der Waals surface area contributed by atoms with Crippen molar-refractivity contribution < 1.29 is 5.11 Å². The lowest BCUT2D eigenvalue weighted by molar-refractivity contribution is 0.281. The summed E-state index contributed by atoms with van der Waals surface area (Å²) in [5, 5.41) is 9.25. The number of rotatable bonds is 3. The summed E-state index contributed by atoms with van der Waals surface area (Å²) in [6.07, 6.45) is 1.21. The van der Waals surface area contributed by atoms with Crippen LogP contribution in [0.15, 0.2) is 48.5 Å². The monoisotopic (exact) mass is 267 g/mol. The third-order valence-electron chi connectivity index (χ3n) is 4.32. The maximum atomic E-state index is 9.25. The summed E-state index contributed by atoms with van der Waals surface area (Å²) in [6, 6.07) is 17.2. The Morgan fingerprint density at radius 2 is 1.95 bits per heavy atom. The third-order valence-corrected chi connectivity index (χ3v) is 4.32. The lowest BCUT2D eigenvalue weighted by Crippen LogP contribution is -2.19. The van der Waals surface area contributed by atoms with Gasteiger partial charge in [0.2, 0.25) is 0 Å². The molecule has 2 aromatic rings. The first kappa shape index (κ1) is 13.2. The van der Waals surface area contributed by atoms with Gasteiger partial charge in [-0.3, -0.25) is 0 Å². The van der Waals surface area contributed by atoms with Gasteiger partial charge >= 0.3 is 0 Å². The molecule has 1 fully saturated rings. The van der Waals surface area contributed by atoms with E-state index < -0.39 is 0 Å². The van der Waals surface area contributed by atoms with E-state index in [0.717, 1.165) is 18.7 Å².